The predicted octanol–water partition coefficient (Wildman–Crippen LogP) is 3.61. The summed E-state index contributed by atoms with van der Waals surface area (Å²) >= 11 is 8.05. The molecule has 0 radical (unpaired) electrons. The van der Waals surface area contributed by atoms with Gasteiger partial charge in [-0.25, -0.2) is 0 Å². The van der Waals surface area contributed by atoms with Gasteiger partial charge >= 0.3 is 0 Å². The molecule has 7 nitrogen and oxygen atoms in total. The van der Waals surface area contributed by atoms with E-state index >= 15 is 0 Å². The molecule has 2 unspecified atom stereocenters. The van der Waals surface area contributed by atoms with Crippen LogP contribution in [0.4, 0.5) is 5.69 Å². The number of nitrogens with one attached hydrogen (secondary N) is 2. The van der Waals surface area contributed by atoms with Crippen LogP contribution in [-0.2, 0) is 14.4 Å². The van der Waals surface area contributed by atoms with Crippen molar-refractivity contribution in [3.8, 4) is 0 Å². The first-order chi connectivity index (χ1) is 16.7. The zero-order valence-electron chi connectivity index (χ0n) is 20.8. The molecule has 1 aromatic rings. The normalized spacial score (nSPS) is 30.8. The van der Waals surface area contributed by atoms with Crippen LogP contribution in [0.3, 0.4) is 0 Å². The Morgan fingerprint density at radius 3 is 2.69 bits per heavy atom. The lowest BCUT2D eigenvalue weighted by Gasteiger charge is -2.39. The fourth-order valence-corrected chi connectivity index (χ4v) is 8.69. The van der Waals surface area contributed by atoms with Gasteiger partial charge in [-0.3, -0.25) is 14.4 Å². The molecule has 3 saturated heterocycles. The Morgan fingerprint density at radius 2 is 2.06 bits per heavy atom. The summed E-state index contributed by atoms with van der Waals surface area (Å²) in [5, 5.41) is 16.8. The third kappa shape index (κ3) is 4.25. The van der Waals surface area contributed by atoms with E-state index in [1.165, 1.54) is 0 Å². The Bertz CT molecular complexity index is 987. The van der Waals surface area contributed by atoms with E-state index in [0.29, 0.717) is 23.7 Å². The van der Waals surface area contributed by atoms with Crippen LogP contribution in [0.25, 0.3) is 0 Å². The minimum atomic E-state index is -0.791. The van der Waals surface area contributed by atoms with E-state index < -0.39 is 28.7 Å². The molecule has 1 aromatic carbocycles. The zero-order valence-corrected chi connectivity index (χ0v) is 22.4. The van der Waals surface area contributed by atoms with E-state index in [-0.39, 0.29) is 35.5 Å². The number of carbonyl (C=O) groups excluding carboxylic acids is 3. The van der Waals surface area contributed by atoms with Crippen molar-refractivity contribution in [1.29, 1.82) is 0 Å². The summed E-state index contributed by atoms with van der Waals surface area (Å²) < 4.78 is -0.698. The van der Waals surface area contributed by atoms with Crippen LogP contribution in [0.2, 0.25) is 5.02 Å². The summed E-state index contributed by atoms with van der Waals surface area (Å²) in [7, 11) is 0. The van der Waals surface area contributed by atoms with Gasteiger partial charge in [-0.2, -0.15) is 0 Å². The minimum absolute atomic E-state index is 0.00825. The van der Waals surface area contributed by atoms with Crippen molar-refractivity contribution in [2.24, 2.45) is 17.8 Å². The number of fused-ring (bicyclic) bond motifs is 1. The first-order valence-electron chi connectivity index (χ1n) is 12.7. The lowest BCUT2D eigenvalue weighted by molar-refractivity contribution is -0.143. The first-order valence-corrected chi connectivity index (χ1v) is 13.9. The molecule has 3 aliphatic rings. The molecule has 1 spiro atoms. The van der Waals surface area contributed by atoms with Gasteiger partial charge in [-0.1, -0.05) is 50.9 Å². The monoisotopic (exact) mass is 521 g/mol. The molecule has 3 amide bonds. The summed E-state index contributed by atoms with van der Waals surface area (Å²) in [5.74, 6) is -1.65. The highest BCUT2D eigenvalue weighted by molar-refractivity contribution is 8.02. The maximum atomic E-state index is 14.1. The van der Waals surface area contributed by atoms with E-state index in [2.05, 4.69) is 10.6 Å². The Balaban J connectivity index is 1.77. The van der Waals surface area contributed by atoms with Gasteiger partial charge in [0.15, 0.2) is 0 Å². The summed E-state index contributed by atoms with van der Waals surface area (Å²) in [6.45, 7) is 8.19. The number of para-hydroxylation sites is 1. The molecule has 35 heavy (non-hydrogen) atoms. The van der Waals surface area contributed by atoms with Crippen molar-refractivity contribution in [1.82, 2.24) is 10.2 Å². The number of amides is 3. The zero-order chi connectivity index (χ0) is 25.5. The number of nitrogens with zero attached hydrogens (tertiary/aromatic N) is 1. The van der Waals surface area contributed by atoms with Gasteiger partial charge in [-0.05, 0) is 43.7 Å². The number of likely N-dealkylation sites (tertiary alicyclic amines) is 1. The average Bonchev–Trinajstić information content (AvgIpc) is 3.48. The quantitative estimate of drug-likeness (QED) is 0.461. The van der Waals surface area contributed by atoms with E-state index in [9.17, 15) is 19.5 Å². The highest BCUT2D eigenvalue weighted by atomic mass is 35.5. The second-order valence-corrected chi connectivity index (χ2v) is 12.2. The molecule has 0 aliphatic carbocycles. The highest BCUT2D eigenvalue weighted by Gasteiger charge is 2.74. The van der Waals surface area contributed by atoms with Crippen LogP contribution in [0.5, 0.6) is 0 Å². The topological polar surface area (TPSA) is 98.7 Å². The van der Waals surface area contributed by atoms with Crippen LogP contribution in [0, 0.1) is 24.7 Å². The van der Waals surface area contributed by atoms with Crippen molar-refractivity contribution in [3.63, 3.8) is 0 Å². The van der Waals surface area contributed by atoms with E-state index in [1.54, 1.807) is 22.7 Å². The fraction of sp³-hybridized carbons (Fsp3) is 0.654. The van der Waals surface area contributed by atoms with Crippen LogP contribution in [-0.4, -0.2) is 63.0 Å². The number of anilines is 1. The molecular weight excluding hydrogens is 486 g/mol. The number of carbonyl (C=O) groups is 3. The van der Waals surface area contributed by atoms with Crippen LogP contribution in [0.15, 0.2) is 18.2 Å². The van der Waals surface area contributed by atoms with E-state index in [4.69, 9.17) is 11.6 Å². The summed E-state index contributed by atoms with van der Waals surface area (Å²) in [6.07, 6.45) is 3.04. The number of rotatable bonds is 9. The highest BCUT2D eigenvalue weighted by Crippen LogP contribution is 2.66. The number of aryl methyl sites for hydroxylation is 1. The van der Waals surface area contributed by atoms with E-state index in [1.807, 2.05) is 39.8 Å². The van der Waals surface area contributed by atoms with E-state index in [0.717, 1.165) is 24.8 Å². The second-order valence-electron chi connectivity index (χ2n) is 10.1. The third-order valence-electron chi connectivity index (χ3n) is 8.15. The number of benzene rings is 1. The third-order valence-corrected chi connectivity index (χ3v) is 10.4. The second kappa shape index (κ2) is 10.3. The van der Waals surface area contributed by atoms with Crippen LogP contribution < -0.4 is 10.6 Å². The van der Waals surface area contributed by atoms with Gasteiger partial charge < -0.3 is 20.6 Å². The van der Waals surface area contributed by atoms with Crippen molar-refractivity contribution >= 4 is 46.8 Å². The van der Waals surface area contributed by atoms with Gasteiger partial charge in [0.1, 0.15) is 6.04 Å². The molecule has 3 aliphatic heterocycles. The molecule has 3 N–H and O–H groups in total. The molecule has 9 heteroatoms. The summed E-state index contributed by atoms with van der Waals surface area (Å²) in [5.41, 5.74) is 1.36. The van der Waals surface area contributed by atoms with Gasteiger partial charge in [-0.15, -0.1) is 11.8 Å². The number of aliphatic hydroxyl groups excluding tert-OH is 1. The molecule has 3 fully saturated rings. The molecule has 192 valence electrons. The van der Waals surface area contributed by atoms with Crippen molar-refractivity contribution in [2.75, 3.05) is 18.5 Å². The van der Waals surface area contributed by atoms with Gasteiger partial charge in [0.05, 0.1) is 39.9 Å². The van der Waals surface area contributed by atoms with Crippen molar-refractivity contribution in [3.05, 3.63) is 28.8 Å². The standard InChI is InChI=1S/C26H36ClN3O4S/c1-5-12-28-23(32)19-18-10-11-26(35-18)20(19)25(34)30(17(13-31)14(3)6-2)22(26)24(33)29-21-15(4)8-7-9-16(21)27/h7-9,14,17-20,22,31H,5-6,10-13H2,1-4H3,(H,28,32)(H,29,33)/t14-,17-,18-,19+,20-,22?,26?/m0/s1. The number of hydrogen-bond acceptors (Lipinski definition) is 5. The molecule has 0 aromatic heterocycles. The SMILES string of the molecule is CCCNC(=O)[C@@H]1[C@@H]2CCC3(S2)C(C(=O)Nc2c(C)cccc2Cl)N([C@@H](CO)[C@@H](C)CC)C(=O)[C@H]13. The van der Waals surface area contributed by atoms with Crippen LogP contribution in [0.1, 0.15) is 52.0 Å². The molecule has 2 bridgehead atoms. The lowest BCUT2D eigenvalue weighted by Crippen LogP contribution is -2.56. The molecule has 0 saturated carbocycles. The van der Waals surface area contributed by atoms with Crippen molar-refractivity contribution < 1.29 is 19.5 Å². The minimum Gasteiger partial charge on any atom is -0.394 e. The molecular formula is C26H36ClN3O4S. The first kappa shape index (κ1) is 26.3. The lowest BCUT2D eigenvalue weighted by atomic mass is 9.70. The smallest absolute Gasteiger partial charge is 0.248 e. The van der Waals surface area contributed by atoms with Crippen LogP contribution >= 0.6 is 23.4 Å². The maximum Gasteiger partial charge on any atom is 0.248 e. The number of halogens is 1. The van der Waals surface area contributed by atoms with Crippen molar-refractivity contribution in [2.45, 2.75) is 75.5 Å². The summed E-state index contributed by atoms with van der Waals surface area (Å²) in [6, 6.07) is 4.13. The summed E-state index contributed by atoms with van der Waals surface area (Å²) in [4.78, 5) is 42.9. The Hall–Kier alpha value is -1.77. The predicted molar refractivity (Wildman–Crippen MR) is 139 cm³/mol. The largest absolute Gasteiger partial charge is 0.394 e. The molecule has 4 rings (SSSR count). The molecule has 3 heterocycles. The maximum absolute atomic E-state index is 14.1. The Kier molecular flexibility index (Phi) is 7.74. The van der Waals surface area contributed by atoms with Gasteiger partial charge in [0.2, 0.25) is 17.7 Å². The van der Waals surface area contributed by atoms with Gasteiger partial charge in [0, 0.05) is 11.8 Å². The molecule has 7 atom stereocenters. The Labute approximate surface area is 216 Å². The average molecular weight is 522 g/mol. The number of thioether (sulfide) groups is 1. The Morgan fingerprint density at radius 1 is 1.31 bits per heavy atom. The van der Waals surface area contributed by atoms with Gasteiger partial charge in [0.25, 0.3) is 0 Å². The number of aliphatic hydroxyl groups is 1. The fourth-order valence-electron chi connectivity index (χ4n) is 6.21. The number of hydrogen-bond donors (Lipinski definition) is 3.